The average molecular weight is 308 g/mol. The van der Waals surface area contributed by atoms with Crippen molar-refractivity contribution in [1.29, 1.82) is 0 Å². The topological polar surface area (TPSA) is 77.6 Å². The molecule has 0 radical (unpaired) electrons. The lowest BCUT2D eigenvalue weighted by Crippen LogP contribution is -2.24. The van der Waals surface area contributed by atoms with Crippen LogP contribution in [0, 0.1) is 6.92 Å². The molecule has 0 saturated carbocycles. The van der Waals surface area contributed by atoms with Crippen LogP contribution in [-0.4, -0.2) is 36.0 Å². The predicted octanol–water partition coefficient (Wildman–Crippen LogP) is 2.03. The molecule has 21 heavy (non-hydrogen) atoms. The van der Waals surface area contributed by atoms with Crippen LogP contribution in [0.15, 0.2) is 29.8 Å². The number of aromatic nitrogens is 1. The maximum absolute atomic E-state index is 9.80. The van der Waals surface area contributed by atoms with Gasteiger partial charge in [0.15, 0.2) is 0 Å². The van der Waals surface area contributed by atoms with Gasteiger partial charge in [-0.15, -0.1) is 11.3 Å². The summed E-state index contributed by atoms with van der Waals surface area (Å²) in [7, 11) is 0. The average Bonchev–Trinajstić information content (AvgIpc) is 2.87. The van der Waals surface area contributed by atoms with Crippen molar-refractivity contribution in [1.82, 2.24) is 4.98 Å². The Labute approximate surface area is 128 Å². The minimum atomic E-state index is -0.658. The molecule has 6 heteroatoms. The van der Waals surface area contributed by atoms with E-state index < -0.39 is 6.10 Å². The lowest BCUT2D eigenvalue weighted by molar-refractivity contribution is 0.0132. The first-order valence-electron chi connectivity index (χ1n) is 6.78. The van der Waals surface area contributed by atoms with Crippen LogP contribution >= 0.6 is 11.3 Å². The number of benzene rings is 1. The van der Waals surface area contributed by atoms with Crippen LogP contribution < -0.4 is 10.5 Å². The number of aryl methyl sites for hydroxylation is 1. The van der Waals surface area contributed by atoms with E-state index >= 15 is 0 Å². The number of ether oxygens (including phenoxy) is 2. The van der Waals surface area contributed by atoms with E-state index in [0.717, 1.165) is 12.1 Å². The standard InChI is InChI=1S/C15H20N2O3S/c1-11-15(21-10-17-11)5-6-19-8-13(18)9-20-14-4-2-3-12(16)7-14/h2-4,7,10,13,18H,5-6,8-9,16H2,1H3. The zero-order valence-electron chi connectivity index (χ0n) is 12.0. The monoisotopic (exact) mass is 308 g/mol. The number of hydrogen-bond acceptors (Lipinski definition) is 6. The molecule has 0 aliphatic heterocycles. The molecule has 2 aromatic rings. The van der Waals surface area contributed by atoms with Crippen LogP contribution in [0.1, 0.15) is 10.6 Å². The van der Waals surface area contributed by atoms with Crippen LogP contribution in [0.3, 0.4) is 0 Å². The van der Waals surface area contributed by atoms with Gasteiger partial charge in [-0.1, -0.05) is 6.07 Å². The van der Waals surface area contributed by atoms with Gasteiger partial charge < -0.3 is 20.3 Å². The molecular weight excluding hydrogens is 288 g/mol. The van der Waals surface area contributed by atoms with Crippen LogP contribution in [-0.2, 0) is 11.2 Å². The van der Waals surface area contributed by atoms with Gasteiger partial charge in [-0.2, -0.15) is 0 Å². The lowest BCUT2D eigenvalue weighted by atomic mass is 10.3. The number of nitrogens with two attached hydrogens (primary N) is 1. The first kappa shape index (κ1) is 15.8. The first-order chi connectivity index (χ1) is 10.1. The molecule has 1 aromatic carbocycles. The molecule has 114 valence electrons. The molecule has 1 heterocycles. The van der Waals surface area contributed by atoms with Gasteiger partial charge in [-0.3, -0.25) is 0 Å². The summed E-state index contributed by atoms with van der Waals surface area (Å²) in [5.41, 5.74) is 9.17. The summed E-state index contributed by atoms with van der Waals surface area (Å²) < 4.78 is 10.9. The molecular formula is C15H20N2O3S. The number of nitrogen functional groups attached to an aromatic ring is 1. The van der Waals surface area contributed by atoms with Gasteiger partial charge in [-0.05, 0) is 19.1 Å². The second-order valence-electron chi connectivity index (χ2n) is 4.72. The van der Waals surface area contributed by atoms with Gasteiger partial charge in [0.1, 0.15) is 18.5 Å². The fourth-order valence-corrected chi connectivity index (χ4v) is 2.56. The highest BCUT2D eigenvalue weighted by Gasteiger charge is 2.07. The number of nitrogens with zero attached hydrogens (tertiary/aromatic N) is 1. The maximum atomic E-state index is 9.80. The molecule has 5 nitrogen and oxygen atoms in total. The zero-order valence-corrected chi connectivity index (χ0v) is 12.8. The van der Waals surface area contributed by atoms with Crippen molar-refractivity contribution in [3.8, 4) is 5.75 Å². The Morgan fingerprint density at radius 3 is 2.95 bits per heavy atom. The van der Waals surface area contributed by atoms with Crippen molar-refractivity contribution in [2.75, 3.05) is 25.6 Å². The summed E-state index contributed by atoms with van der Waals surface area (Å²) in [4.78, 5) is 5.41. The van der Waals surface area contributed by atoms with Crippen molar-refractivity contribution in [3.05, 3.63) is 40.3 Å². The highest BCUT2D eigenvalue weighted by molar-refractivity contribution is 7.09. The molecule has 0 bridgehead atoms. The van der Waals surface area contributed by atoms with Gasteiger partial charge in [-0.25, -0.2) is 4.98 Å². The fraction of sp³-hybridized carbons (Fsp3) is 0.400. The van der Waals surface area contributed by atoms with Crippen molar-refractivity contribution in [2.24, 2.45) is 0 Å². The molecule has 1 atom stereocenters. The van der Waals surface area contributed by atoms with E-state index in [-0.39, 0.29) is 13.2 Å². The highest BCUT2D eigenvalue weighted by Crippen LogP contribution is 2.15. The fourth-order valence-electron chi connectivity index (χ4n) is 1.80. The van der Waals surface area contributed by atoms with E-state index in [1.165, 1.54) is 4.88 Å². The first-order valence-corrected chi connectivity index (χ1v) is 7.66. The van der Waals surface area contributed by atoms with Gasteiger partial charge in [0.05, 0.1) is 24.4 Å². The molecule has 0 amide bonds. The van der Waals surface area contributed by atoms with Crippen LogP contribution in [0.4, 0.5) is 5.69 Å². The summed E-state index contributed by atoms with van der Waals surface area (Å²) in [5, 5.41) is 9.80. The van der Waals surface area contributed by atoms with Gasteiger partial charge in [0.2, 0.25) is 0 Å². The van der Waals surface area contributed by atoms with Gasteiger partial charge >= 0.3 is 0 Å². The summed E-state index contributed by atoms with van der Waals surface area (Å²) in [5.74, 6) is 0.648. The number of aliphatic hydroxyl groups excluding tert-OH is 1. The van der Waals surface area contributed by atoms with E-state index in [2.05, 4.69) is 4.98 Å². The van der Waals surface area contributed by atoms with E-state index in [0.29, 0.717) is 18.0 Å². The summed E-state index contributed by atoms with van der Waals surface area (Å²) >= 11 is 1.63. The Kier molecular flexibility index (Phi) is 5.98. The Hall–Kier alpha value is -1.63. The molecule has 0 spiro atoms. The second-order valence-corrected chi connectivity index (χ2v) is 5.66. The summed E-state index contributed by atoms with van der Waals surface area (Å²) in [6.07, 6.45) is 0.160. The lowest BCUT2D eigenvalue weighted by Gasteiger charge is -2.13. The molecule has 0 aliphatic carbocycles. The largest absolute Gasteiger partial charge is 0.491 e. The smallest absolute Gasteiger partial charge is 0.121 e. The number of thiazole rings is 1. The number of anilines is 1. The van der Waals surface area contributed by atoms with Crippen LogP contribution in [0.5, 0.6) is 5.75 Å². The van der Waals surface area contributed by atoms with E-state index in [9.17, 15) is 5.11 Å². The van der Waals surface area contributed by atoms with E-state index in [4.69, 9.17) is 15.2 Å². The van der Waals surface area contributed by atoms with Crippen LogP contribution in [0.2, 0.25) is 0 Å². The summed E-state index contributed by atoms with van der Waals surface area (Å²) in [6.45, 7) is 2.99. The Morgan fingerprint density at radius 1 is 1.38 bits per heavy atom. The zero-order chi connectivity index (χ0) is 15.1. The predicted molar refractivity (Wildman–Crippen MR) is 83.7 cm³/mol. The Balaban J connectivity index is 1.61. The molecule has 3 N–H and O–H groups in total. The number of rotatable bonds is 8. The van der Waals surface area contributed by atoms with E-state index in [1.54, 1.807) is 29.5 Å². The Bertz CT molecular complexity index is 559. The van der Waals surface area contributed by atoms with Gasteiger partial charge in [0.25, 0.3) is 0 Å². The minimum Gasteiger partial charge on any atom is -0.491 e. The third-order valence-corrected chi connectivity index (χ3v) is 3.92. The molecule has 0 fully saturated rings. The third kappa shape index (κ3) is 5.34. The molecule has 2 rings (SSSR count). The normalized spacial score (nSPS) is 12.3. The van der Waals surface area contributed by atoms with Crippen molar-refractivity contribution < 1.29 is 14.6 Å². The van der Waals surface area contributed by atoms with Crippen LogP contribution in [0.25, 0.3) is 0 Å². The number of hydrogen-bond donors (Lipinski definition) is 2. The van der Waals surface area contributed by atoms with Crippen molar-refractivity contribution in [3.63, 3.8) is 0 Å². The van der Waals surface area contributed by atoms with E-state index in [1.807, 2.05) is 18.5 Å². The second kappa shape index (κ2) is 7.97. The molecule has 1 unspecified atom stereocenters. The highest BCUT2D eigenvalue weighted by atomic mass is 32.1. The van der Waals surface area contributed by atoms with Crippen molar-refractivity contribution in [2.45, 2.75) is 19.4 Å². The Morgan fingerprint density at radius 2 is 2.24 bits per heavy atom. The quantitative estimate of drug-likeness (QED) is 0.576. The molecule has 1 aromatic heterocycles. The minimum absolute atomic E-state index is 0.184. The SMILES string of the molecule is Cc1ncsc1CCOCC(O)COc1cccc(N)c1. The van der Waals surface area contributed by atoms with Crippen molar-refractivity contribution >= 4 is 17.0 Å². The molecule has 0 aliphatic rings. The maximum Gasteiger partial charge on any atom is 0.121 e. The summed E-state index contributed by atoms with van der Waals surface area (Å²) in [6, 6.07) is 7.12. The van der Waals surface area contributed by atoms with Gasteiger partial charge in [0, 0.05) is 23.1 Å². The third-order valence-electron chi connectivity index (χ3n) is 2.93. The number of aliphatic hydroxyl groups is 1. The molecule has 0 saturated heterocycles.